The van der Waals surface area contributed by atoms with E-state index in [1.54, 1.807) is 4.90 Å². The summed E-state index contributed by atoms with van der Waals surface area (Å²) in [4.78, 5) is 25.5. The maximum Gasteiger partial charge on any atom is 0.243 e. The highest BCUT2D eigenvalue weighted by Gasteiger charge is 2.41. The second-order valence-electron chi connectivity index (χ2n) is 5.61. The van der Waals surface area contributed by atoms with Gasteiger partial charge < -0.3 is 21.1 Å². The molecule has 1 aliphatic heterocycles. The maximum atomic E-state index is 12.7. The third-order valence-electron chi connectivity index (χ3n) is 4.16. The van der Waals surface area contributed by atoms with E-state index in [-0.39, 0.29) is 18.5 Å². The molecule has 1 aliphatic carbocycles. The lowest BCUT2D eigenvalue weighted by molar-refractivity contribution is -0.145. The molecule has 1 saturated carbocycles. The van der Waals surface area contributed by atoms with Gasteiger partial charge in [0.2, 0.25) is 11.8 Å². The molecule has 108 valence electrons. The fourth-order valence-electron chi connectivity index (χ4n) is 2.99. The lowest BCUT2D eigenvalue weighted by Crippen LogP contribution is -2.60. The normalized spacial score (nSPS) is 23.2. The Labute approximate surface area is 113 Å². The lowest BCUT2D eigenvalue weighted by Gasteiger charge is -2.38. The second kappa shape index (κ2) is 5.88. The summed E-state index contributed by atoms with van der Waals surface area (Å²) in [6.45, 7) is 0.970. The summed E-state index contributed by atoms with van der Waals surface area (Å²) in [6, 6.07) is 0.114. The zero-order valence-electron chi connectivity index (χ0n) is 11.3. The van der Waals surface area contributed by atoms with Crippen LogP contribution in [0.3, 0.4) is 0 Å². The molecule has 4 N–H and O–H groups in total. The molecule has 0 spiro atoms. The lowest BCUT2D eigenvalue weighted by atomic mass is 9.89. The Bertz CT molecular complexity index is 347. The van der Waals surface area contributed by atoms with E-state index < -0.39 is 11.4 Å². The SMILES string of the molecule is NC(=O)CN(C(=O)C1(N)CCOCC1)C1CCCC1. The molecule has 0 atom stereocenters. The highest BCUT2D eigenvalue weighted by molar-refractivity contribution is 5.90. The van der Waals surface area contributed by atoms with Gasteiger partial charge in [-0.05, 0) is 25.7 Å². The van der Waals surface area contributed by atoms with Gasteiger partial charge in [-0.1, -0.05) is 12.8 Å². The third-order valence-corrected chi connectivity index (χ3v) is 4.16. The first-order chi connectivity index (χ1) is 9.03. The van der Waals surface area contributed by atoms with Crippen LogP contribution >= 0.6 is 0 Å². The number of amides is 2. The number of nitrogens with zero attached hydrogens (tertiary/aromatic N) is 1. The third kappa shape index (κ3) is 3.25. The van der Waals surface area contributed by atoms with Crippen molar-refractivity contribution >= 4 is 11.8 Å². The summed E-state index contributed by atoms with van der Waals surface area (Å²) in [5, 5.41) is 0. The van der Waals surface area contributed by atoms with E-state index in [1.807, 2.05) is 0 Å². The Morgan fingerprint density at radius 1 is 1.21 bits per heavy atom. The monoisotopic (exact) mass is 269 g/mol. The molecule has 1 heterocycles. The maximum absolute atomic E-state index is 12.7. The van der Waals surface area contributed by atoms with Gasteiger partial charge in [-0.3, -0.25) is 9.59 Å². The van der Waals surface area contributed by atoms with Gasteiger partial charge in [0, 0.05) is 19.3 Å². The Kier molecular flexibility index (Phi) is 4.42. The van der Waals surface area contributed by atoms with Gasteiger partial charge in [0.15, 0.2) is 0 Å². The standard InChI is InChI=1S/C13H23N3O3/c14-11(17)9-16(10-3-1-2-4-10)12(18)13(15)5-7-19-8-6-13/h10H,1-9,15H2,(H2,14,17). The number of primary amides is 1. The number of rotatable bonds is 4. The summed E-state index contributed by atoms with van der Waals surface area (Å²) in [5.41, 5.74) is 10.6. The van der Waals surface area contributed by atoms with Gasteiger partial charge in [-0.2, -0.15) is 0 Å². The topological polar surface area (TPSA) is 98.7 Å². The van der Waals surface area contributed by atoms with Crippen LogP contribution < -0.4 is 11.5 Å². The van der Waals surface area contributed by atoms with Crippen LogP contribution in [-0.4, -0.2) is 48.1 Å². The van der Waals surface area contributed by atoms with Gasteiger partial charge >= 0.3 is 0 Å². The summed E-state index contributed by atoms with van der Waals surface area (Å²) in [6.07, 6.45) is 5.07. The van der Waals surface area contributed by atoms with Gasteiger partial charge in [0.25, 0.3) is 0 Å². The fourth-order valence-corrected chi connectivity index (χ4v) is 2.99. The predicted octanol–water partition coefficient (Wildman–Crippen LogP) is -0.249. The molecule has 6 heteroatoms. The first-order valence-corrected chi connectivity index (χ1v) is 6.99. The largest absolute Gasteiger partial charge is 0.381 e. The van der Waals surface area contributed by atoms with Crippen LogP contribution in [0.5, 0.6) is 0 Å². The van der Waals surface area contributed by atoms with Gasteiger partial charge in [0.05, 0.1) is 12.1 Å². The molecule has 2 fully saturated rings. The molecule has 0 aromatic heterocycles. The number of carbonyl (C=O) groups is 2. The van der Waals surface area contributed by atoms with Crippen molar-refractivity contribution in [3.63, 3.8) is 0 Å². The van der Waals surface area contributed by atoms with E-state index in [2.05, 4.69) is 0 Å². The van der Waals surface area contributed by atoms with E-state index in [1.165, 1.54) is 0 Å². The van der Waals surface area contributed by atoms with E-state index in [4.69, 9.17) is 16.2 Å². The summed E-state index contributed by atoms with van der Waals surface area (Å²) in [7, 11) is 0. The smallest absolute Gasteiger partial charge is 0.243 e. The van der Waals surface area contributed by atoms with Gasteiger partial charge in [-0.15, -0.1) is 0 Å². The van der Waals surface area contributed by atoms with Crippen LogP contribution in [0, 0.1) is 0 Å². The van der Waals surface area contributed by atoms with Crippen molar-refractivity contribution in [1.82, 2.24) is 4.90 Å². The van der Waals surface area contributed by atoms with Gasteiger partial charge in [-0.25, -0.2) is 0 Å². The van der Waals surface area contributed by atoms with Crippen LogP contribution in [0.1, 0.15) is 38.5 Å². The second-order valence-corrected chi connectivity index (χ2v) is 5.61. The molecule has 2 amide bonds. The first kappa shape index (κ1) is 14.3. The molecule has 19 heavy (non-hydrogen) atoms. The van der Waals surface area contributed by atoms with E-state index >= 15 is 0 Å². The Balaban J connectivity index is 2.11. The molecule has 0 aromatic carbocycles. The number of hydrogen-bond donors (Lipinski definition) is 2. The average Bonchev–Trinajstić information content (AvgIpc) is 2.89. The Hall–Kier alpha value is -1.14. The van der Waals surface area contributed by atoms with Crippen LogP contribution in [-0.2, 0) is 14.3 Å². The minimum Gasteiger partial charge on any atom is -0.381 e. The number of nitrogens with two attached hydrogens (primary N) is 2. The zero-order chi connectivity index (χ0) is 13.9. The van der Waals surface area contributed by atoms with Crippen LogP contribution in [0.25, 0.3) is 0 Å². The van der Waals surface area contributed by atoms with Crippen molar-refractivity contribution < 1.29 is 14.3 Å². The highest BCUT2D eigenvalue weighted by Crippen LogP contribution is 2.28. The van der Waals surface area contributed by atoms with Crippen LogP contribution in [0.2, 0.25) is 0 Å². The molecule has 6 nitrogen and oxygen atoms in total. The Morgan fingerprint density at radius 3 is 2.32 bits per heavy atom. The first-order valence-electron chi connectivity index (χ1n) is 6.99. The van der Waals surface area contributed by atoms with Crippen molar-refractivity contribution in [3.05, 3.63) is 0 Å². The number of ether oxygens (including phenoxy) is 1. The highest BCUT2D eigenvalue weighted by atomic mass is 16.5. The van der Waals surface area contributed by atoms with Gasteiger partial charge in [0.1, 0.15) is 0 Å². The van der Waals surface area contributed by atoms with E-state index in [9.17, 15) is 9.59 Å². The molecular formula is C13H23N3O3. The minimum absolute atomic E-state index is 0.0245. The molecule has 2 rings (SSSR count). The quantitative estimate of drug-likeness (QED) is 0.735. The van der Waals surface area contributed by atoms with Crippen molar-refractivity contribution in [2.45, 2.75) is 50.1 Å². The van der Waals surface area contributed by atoms with Crippen LogP contribution in [0.4, 0.5) is 0 Å². The average molecular weight is 269 g/mol. The molecular weight excluding hydrogens is 246 g/mol. The predicted molar refractivity (Wildman–Crippen MR) is 70.1 cm³/mol. The van der Waals surface area contributed by atoms with Crippen molar-refractivity contribution in [3.8, 4) is 0 Å². The van der Waals surface area contributed by atoms with Crippen molar-refractivity contribution in [2.75, 3.05) is 19.8 Å². The summed E-state index contributed by atoms with van der Waals surface area (Å²) >= 11 is 0. The number of carbonyl (C=O) groups excluding carboxylic acids is 2. The molecule has 0 bridgehead atoms. The molecule has 0 radical (unpaired) electrons. The van der Waals surface area contributed by atoms with Crippen LogP contribution in [0.15, 0.2) is 0 Å². The van der Waals surface area contributed by atoms with E-state index in [0.717, 1.165) is 25.7 Å². The van der Waals surface area contributed by atoms with Crippen molar-refractivity contribution in [2.24, 2.45) is 11.5 Å². The zero-order valence-corrected chi connectivity index (χ0v) is 11.3. The molecule has 0 unspecified atom stereocenters. The fraction of sp³-hybridized carbons (Fsp3) is 0.846. The summed E-state index contributed by atoms with van der Waals surface area (Å²) in [5.74, 6) is -0.614. The minimum atomic E-state index is -0.893. The van der Waals surface area contributed by atoms with E-state index in [0.29, 0.717) is 26.1 Å². The Morgan fingerprint density at radius 2 is 1.79 bits per heavy atom. The summed E-state index contributed by atoms with van der Waals surface area (Å²) < 4.78 is 5.26. The number of hydrogen-bond acceptors (Lipinski definition) is 4. The molecule has 0 aromatic rings. The molecule has 2 aliphatic rings. The molecule has 1 saturated heterocycles. The van der Waals surface area contributed by atoms with Crippen molar-refractivity contribution in [1.29, 1.82) is 0 Å².